The van der Waals surface area contributed by atoms with Gasteiger partial charge in [0.2, 0.25) is 0 Å². The Kier molecular flexibility index (Phi) is 10.7. The molecule has 2 aromatic carbocycles. The van der Waals surface area contributed by atoms with E-state index in [9.17, 15) is 0 Å². The van der Waals surface area contributed by atoms with Gasteiger partial charge < -0.3 is 0 Å². The van der Waals surface area contributed by atoms with Crippen LogP contribution in [0.1, 0.15) is 5.56 Å². The maximum Gasteiger partial charge on any atom is 0.0602 e. The molecule has 158 valence electrons. The molecule has 0 saturated carbocycles. The van der Waals surface area contributed by atoms with Crippen molar-refractivity contribution < 1.29 is 0 Å². The zero-order valence-corrected chi connectivity index (χ0v) is 19.3. The van der Waals surface area contributed by atoms with Crippen molar-refractivity contribution in [2.24, 2.45) is 0 Å². The van der Waals surface area contributed by atoms with Gasteiger partial charge in [-0.2, -0.15) is 11.8 Å². The Morgan fingerprint density at radius 1 is 0.690 bits per heavy atom. The highest BCUT2D eigenvalue weighted by molar-refractivity contribution is 7.99. The average Bonchev–Trinajstić information content (AvgIpc) is 2.73. The molecule has 2 fully saturated rings. The van der Waals surface area contributed by atoms with Crippen LogP contribution >= 0.6 is 36.6 Å². The van der Waals surface area contributed by atoms with Gasteiger partial charge in [-0.3, -0.25) is 14.7 Å². The van der Waals surface area contributed by atoms with Crippen LogP contribution in [-0.4, -0.2) is 78.6 Å². The molecule has 2 aliphatic rings. The molecule has 2 aliphatic heterocycles. The first-order valence-electron chi connectivity index (χ1n) is 10.0. The maximum atomic E-state index is 3.40. The number of nitrogens with zero attached hydrogens (tertiary/aromatic N) is 3. The van der Waals surface area contributed by atoms with E-state index in [1.165, 1.54) is 40.9 Å². The smallest absolute Gasteiger partial charge is 0.0602 e. The lowest BCUT2D eigenvalue weighted by Crippen LogP contribution is -2.45. The number of hydrogen-bond donors (Lipinski definition) is 0. The van der Waals surface area contributed by atoms with Gasteiger partial charge in [0.25, 0.3) is 0 Å². The second-order valence-corrected chi connectivity index (χ2v) is 8.70. The molecule has 2 heterocycles. The van der Waals surface area contributed by atoms with Gasteiger partial charge in [-0.15, -0.1) is 24.8 Å². The first-order valence-corrected chi connectivity index (χ1v) is 11.2. The summed E-state index contributed by atoms with van der Waals surface area (Å²) in [5.74, 6) is 9.31. The number of thioether (sulfide) groups is 1. The van der Waals surface area contributed by atoms with E-state index < -0.39 is 0 Å². The van der Waals surface area contributed by atoms with Crippen molar-refractivity contribution in [3.8, 4) is 11.8 Å². The number of rotatable bonds is 4. The molecule has 0 aromatic heterocycles. The number of benzene rings is 2. The predicted octanol–water partition coefficient (Wildman–Crippen LogP) is 3.85. The first kappa shape index (κ1) is 24.3. The third-order valence-electron chi connectivity index (χ3n) is 5.52. The Hall–Kier alpha value is -0.930. The van der Waals surface area contributed by atoms with Crippen LogP contribution in [0, 0.1) is 11.8 Å². The van der Waals surface area contributed by atoms with Gasteiger partial charge in [0.05, 0.1) is 13.1 Å². The van der Waals surface area contributed by atoms with Crippen molar-refractivity contribution in [3.05, 3.63) is 48.0 Å². The molecule has 6 heteroatoms. The Bertz CT molecular complexity index is 806. The minimum atomic E-state index is 0. The number of hydrogen-bond acceptors (Lipinski definition) is 4. The number of fused-ring (bicyclic) bond motifs is 1. The predicted molar refractivity (Wildman–Crippen MR) is 132 cm³/mol. The van der Waals surface area contributed by atoms with Gasteiger partial charge in [-0.05, 0) is 22.4 Å². The van der Waals surface area contributed by atoms with E-state index in [2.05, 4.69) is 80.8 Å². The summed E-state index contributed by atoms with van der Waals surface area (Å²) in [7, 11) is 0. The molecule has 3 nitrogen and oxygen atoms in total. The largest absolute Gasteiger partial charge is 0.297 e. The van der Waals surface area contributed by atoms with Gasteiger partial charge in [-0.25, -0.2) is 0 Å². The van der Waals surface area contributed by atoms with Crippen molar-refractivity contribution >= 4 is 47.3 Å². The topological polar surface area (TPSA) is 9.72 Å². The molecule has 0 bridgehead atoms. The van der Waals surface area contributed by atoms with Crippen molar-refractivity contribution in [1.82, 2.24) is 14.7 Å². The van der Waals surface area contributed by atoms with Crippen LogP contribution in [0.4, 0.5) is 0 Å². The van der Waals surface area contributed by atoms with E-state index in [0.29, 0.717) is 0 Å². The van der Waals surface area contributed by atoms with E-state index in [-0.39, 0.29) is 24.8 Å². The van der Waals surface area contributed by atoms with Gasteiger partial charge in [0.1, 0.15) is 0 Å². The minimum Gasteiger partial charge on any atom is -0.297 e. The number of piperazine rings is 1. The summed E-state index contributed by atoms with van der Waals surface area (Å²) in [5, 5.41) is 2.67. The standard InChI is InChI=1S/C23H29N3S.2ClH/c1-2-6-23-19-21(7-8-22(23)5-1)20-26-13-11-24(12-14-26)9-3-4-10-25-15-17-27-18-16-25;;/h1-2,5-8,19H,9-18,20H2;2*1H. The van der Waals surface area contributed by atoms with E-state index >= 15 is 0 Å². The molecule has 0 unspecified atom stereocenters. The normalized spacial score (nSPS) is 18.3. The molecule has 0 N–H and O–H groups in total. The quantitative estimate of drug-likeness (QED) is 0.652. The zero-order valence-electron chi connectivity index (χ0n) is 16.9. The molecule has 4 rings (SSSR count). The molecule has 0 radical (unpaired) electrons. The van der Waals surface area contributed by atoms with Gasteiger partial charge >= 0.3 is 0 Å². The highest BCUT2D eigenvalue weighted by Gasteiger charge is 2.16. The van der Waals surface area contributed by atoms with Crippen molar-refractivity contribution in [1.29, 1.82) is 0 Å². The lowest BCUT2D eigenvalue weighted by atomic mass is 10.1. The monoisotopic (exact) mass is 451 g/mol. The average molecular weight is 452 g/mol. The molecule has 29 heavy (non-hydrogen) atoms. The second kappa shape index (κ2) is 12.7. The molecule has 0 aliphatic carbocycles. The summed E-state index contributed by atoms with van der Waals surface area (Å²) >= 11 is 2.06. The van der Waals surface area contributed by atoms with Crippen LogP contribution in [0.25, 0.3) is 10.8 Å². The van der Waals surface area contributed by atoms with Crippen LogP contribution in [-0.2, 0) is 6.54 Å². The van der Waals surface area contributed by atoms with E-state index in [1.807, 2.05) is 0 Å². The summed E-state index contributed by atoms with van der Waals surface area (Å²) in [6.45, 7) is 9.85. The summed E-state index contributed by atoms with van der Waals surface area (Å²) in [6, 6.07) is 15.5. The molecule has 2 aromatic rings. The fraction of sp³-hybridized carbons (Fsp3) is 0.478. The molecule has 0 spiro atoms. The van der Waals surface area contributed by atoms with E-state index in [1.54, 1.807) is 0 Å². The lowest BCUT2D eigenvalue weighted by molar-refractivity contribution is 0.138. The van der Waals surface area contributed by atoms with Crippen LogP contribution in [0.15, 0.2) is 42.5 Å². The molecule has 0 amide bonds. The Balaban J connectivity index is 0.00000150. The van der Waals surface area contributed by atoms with E-state index in [4.69, 9.17) is 0 Å². The summed E-state index contributed by atoms with van der Waals surface area (Å²) < 4.78 is 0. The summed E-state index contributed by atoms with van der Waals surface area (Å²) in [6.07, 6.45) is 0. The third kappa shape index (κ3) is 7.36. The summed E-state index contributed by atoms with van der Waals surface area (Å²) in [5.41, 5.74) is 1.42. The minimum absolute atomic E-state index is 0. The fourth-order valence-electron chi connectivity index (χ4n) is 3.80. The van der Waals surface area contributed by atoms with Gasteiger partial charge in [0.15, 0.2) is 0 Å². The zero-order chi connectivity index (χ0) is 18.3. The van der Waals surface area contributed by atoms with Gasteiger partial charge in [0, 0.05) is 57.3 Å². The van der Waals surface area contributed by atoms with E-state index in [0.717, 1.165) is 45.8 Å². The molecule has 2 saturated heterocycles. The fourth-order valence-corrected chi connectivity index (χ4v) is 4.77. The van der Waals surface area contributed by atoms with Crippen LogP contribution in [0.5, 0.6) is 0 Å². The lowest BCUT2D eigenvalue weighted by Gasteiger charge is -2.33. The summed E-state index contributed by atoms with van der Waals surface area (Å²) in [4.78, 5) is 7.54. The third-order valence-corrected chi connectivity index (χ3v) is 6.46. The maximum absolute atomic E-state index is 3.40. The van der Waals surface area contributed by atoms with Gasteiger partial charge in [-0.1, -0.05) is 48.2 Å². The highest BCUT2D eigenvalue weighted by atomic mass is 35.5. The Morgan fingerprint density at radius 3 is 1.97 bits per heavy atom. The van der Waals surface area contributed by atoms with Crippen molar-refractivity contribution in [2.45, 2.75) is 6.54 Å². The Morgan fingerprint density at radius 2 is 1.28 bits per heavy atom. The van der Waals surface area contributed by atoms with Crippen LogP contribution in [0.3, 0.4) is 0 Å². The molecular weight excluding hydrogens is 421 g/mol. The first-order chi connectivity index (χ1) is 13.4. The molecule has 0 atom stereocenters. The highest BCUT2D eigenvalue weighted by Crippen LogP contribution is 2.17. The van der Waals surface area contributed by atoms with Crippen molar-refractivity contribution in [3.63, 3.8) is 0 Å². The van der Waals surface area contributed by atoms with Crippen LogP contribution in [0.2, 0.25) is 0 Å². The second-order valence-electron chi connectivity index (χ2n) is 7.48. The SMILES string of the molecule is C(#CCN1CCN(Cc2ccc3ccccc3c2)CC1)CN1CCSCC1.Cl.Cl. The van der Waals surface area contributed by atoms with Crippen LogP contribution < -0.4 is 0 Å². The van der Waals surface area contributed by atoms with Crippen molar-refractivity contribution in [2.75, 3.05) is 63.9 Å². The molecular formula is C23H31Cl2N3S. The Labute approximate surface area is 192 Å². The number of halogens is 2.